The van der Waals surface area contributed by atoms with E-state index in [1.54, 1.807) is 18.5 Å². The molecule has 0 aromatic carbocycles. The molecule has 2 atom stereocenters. The van der Waals surface area contributed by atoms with Crippen LogP contribution in [0.1, 0.15) is 30.0 Å². The first-order valence-electron chi connectivity index (χ1n) is 10.7. The molecule has 32 heavy (non-hydrogen) atoms. The van der Waals surface area contributed by atoms with Gasteiger partial charge in [-0.25, -0.2) is 14.4 Å². The molecule has 0 unspecified atom stereocenters. The summed E-state index contributed by atoms with van der Waals surface area (Å²) in [4.78, 5) is 23.1. The lowest BCUT2D eigenvalue weighted by atomic mass is 10.0. The smallest absolute Gasteiger partial charge is 0.223 e. The summed E-state index contributed by atoms with van der Waals surface area (Å²) >= 11 is 1.38. The second-order valence-electron chi connectivity index (χ2n) is 8.33. The number of amides is 1. The van der Waals surface area contributed by atoms with E-state index in [9.17, 15) is 9.18 Å². The van der Waals surface area contributed by atoms with E-state index in [1.165, 1.54) is 11.3 Å². The molecule has 1 aliphatic heterocycles. The molecule has 1 amide bonds. The fourth-order valence-corrected chi connectivity index (χ4v) is 4.70. The van der Waals surface area contributed by atoms with Gasteiger partial charge in [0.2, 0.25) is 5.91 Å². The van der Waals surface area contributed by atoms with Gasteiger partial charge >= 0.3 is 0 Å². The standard InChI is InChI=1S/C21H25FN8OS/c1-3-15-17(21-28-27-16(32-21)10-24-20(31)12-4-5-12)26-19-18(23-7-9-30(15)19)25-14-6-8-29(2)11-13(14)22/h3,7,9,12-14H,1,4-6,8,10-11H2,2H3,(H,23,25)(H,24,31)/t13-,14+/m0/s1. The van der Waals surface area contributed by atoms with Gasteiger partial charge in [0.25, 0.3) is 0 Å². The Balaban J connectivity index is 1.41. The highest BCUT2D eigenvalue weighted by atomic mass is 32.1. The Bertz CT molecular complexity index is 1160. The topological polar surface area (TPSA) is 100 Å². The largest absolute Gasteiger partial charge is 0.361 e. The fourth-order valence-electron chi connectivity index (χ4n) is 3.92. The molecule has 2 N–H and O–H groups in total. The normalized spacial score (nSPS) is 21.6. The summed E-state index contributed by atoms with van der Waals surface area (Å²) < 4.78 is 16.4. The number of hydrogen-bond acceptors (Lipinski definition) is 8. The number of carbonyl (C=O) groups is 1. The zero-order valence-electron chi connectivity index (χ0n) is 17.8. The van der Waals surface area contributed by atoms with Gasteiger partial charge in [-0.2, -0.15) is 0 Å². The molecular formula is C21H25FN8OS. The zero-order chi connectivity index (χ0) is 22.2. The van der Waals surface area contributed by atoms with Crippen LogP contribution in [0.2, 0.25) is 0 Å². The first-order chi connectivity index (χ1) is 15.5. The number of imidazole rings is 1. The van der Waals surface area contributed by atoms with Crippen LogP contribution in [0.3, 0.4) is 0 Å². The van der Waals surface area contributed by atoms with Crippen LogP contribution in [-0.4, -0.2) is 67.7 Å². The first kappa shape index (κ1) is 21.0. The summed E-state index contributed by atoms with van der Waals surface area (Å²) in [6.45, 7) is 5.50. The minimum atomic E-state index is -0.985. The minimum Gasteiger partial charge on any atom is -0.361 e. The summed E-state index contributed by atoms with van der Waals surface area (Å²) in [6.07, 6.45) is 6.80. The number of hydrogen-bond donors (Lipinski definition) is 2. The van der Waals surface area contributed by atoms with Crippen molar-refractivity contribution in [3.63, 3.8) is 0 Å². The number of nitrogens with zero attached hydrogens (tertiary/aromatic N) is 6. The van der Waals surface area contributed by atoms with Gasteiger partial charge in [-0.1, -0.05) is 17.9 Å². The summed E-state index contributed by atoms with van der Waals surface area (Å²) in [7, 11) is 1.92. The maximum absolute atomic E-state index is 14.6. The molecule has 3 aromatic rings. The number of piperidine rings is 1. The van der Waals surface area contributed by atoms with E-state index >= 15 is 0 Å². The van der Waals surface area contributed by atoms with Gasteiger partial charge in [0.05, 0.1) is 18.3 Å². The number of anilines is 1. The lowest BCUT2D eigenvalue weighted by Gasteiger charge is -2.32. The molecule has 0 spiro atoms. The van der Waals surface area contributed by atoms with Crippen LogP contribution in [0.15, 0.2) is 19.0 Å². The van der Waals surface area contributed by atoms with E-state index in [0.717, 1.165) is 25.1 Å². The maximum Gasteiger partial charge on any atom is 0.223 e. The van der Waals surface area contributed by atoms with Gasteiger partial charge in [0.1, 0.15) is 16.9 Å². The van der Waals surface area contributed by atoms with E-state index in [2.05, 4.69) is 32.4 Å². The molecule has 2 fully saturated rings. The SMILES string of the molecule is C=Cc1c(-c2nnc(CNC(=O)C3CC3)s2)nc2c(N[C@@H]3CCN(C)C[C@@H]3F)nccn12. The number of halogens is 1. The Morgan fingerprint density at radius 3 is 2.97 bits per heavy atom. The Morgan fingerprint density at radius 2 is 2.22 bits per heavy atom. The van der Waals surface area contributed by atoms with Crippen LogP contribution in [-0.2, 0) is 11.3 Å². The van der Waals surface area contributed by atoms with E-state index < -0.39 is 6.17 Å². The third kappa shape index (κ3) is 4.09. The molecular weight excluding hydrogens is 431 g/mol. The molecule has 9 nitrogen and oxygen atoms in total. The molecule has 3 aromatic heterocycles. The second kappa shape index (κ2) is 8.55. The number of nitrogens with one attached hydrogen (secondary N) is 2. The molecule has 11 heteroatoms. The second-order valence-corrected chi connectivity index (χ2v) is 9.39. The third-order valence-corrected chi connectivity index (χ3v) is 6.80. The molecule has 168 valence electrons. The molecule has 4 heterocycles. The van der Waals surface area contributed by atoms with Crippen LogP contribution < -0.4 is 10.6 Å². The summed E-state index contributed by atoms with van der Waals surface area (Å²) in [5.41, 5.74) is 1.98. The van der Waals surface area contributed by atoms with Gasteiger partial charge in [-0.15, -0.1) is 10.2 Å². The Morgan fingerprint density at radius 1 is 1.38 bits per heavy atom. The number of alkyl halides is 1. The molecule has 1 saturated heterocycles. The number of aromatic nitrogens is 5. The molecule has 0 radical (unpaired) electrons. The average molecular weight is 457 g/mol. The van der Waals surface area contributed by atoms with Crippen LogP contribution in [0.4, 0.5) is 10.2 Å². The van der Waals surface area contributed by atoms with Crippen molar-refractivity contribution in [2.75, 3.05) is 25.5 Å². The molecule has 0 bridgehead atoms. The van der Waals surface area contributed by atoms with Crippen molar-refractivity contribution in [2.24, 2.45) is 5.92 Å². The highest BCUT2D eigenvalue weighted by molar-refractivity contribution is 7.14. The van der Waals surface area contributed by atoms with Crippen molar-refractivity contribution in [2.45, 2.75) is 38.0 Å². The van der Waals surface area contributed by atoms with E-state index in [-0.39, 0.29) is 17.9 Å². The van der Waals surface area contributed by atoms with E-state index in [0.29, 0.717) is 46.7 Å². The number of rotatable bonds is 7. The van der Waals surface area contributed by atoms with Crippen molar-refractivity contribution in [1.29, 1.82) is 0 Å². The van der Waals surface area contributed by atoms with Crippen molar-refractivity contribution in [3.8, 4) is 10.7 Å². The first-order valence-corrected chi connectivity index (χ1v) is 11.5. The lowest BCUT2D eigenvalue weighted by Crippen LogP contribution is -2.46. The zero-order valence-corrected chi connectivity index (χ0v) is 18.6. The number of carbonyl (C=O) groups excluding carboxylic acids is 1. The van der Waals surface area contributed by atoms with Gasteiger partial charge in [-0.05, 0) is 32.4 Å². The van der Waals surface area contributed by atoms with Crippen molar-refractivity contribution in [1.82, 2.24) is 34.8 Å². The Hall–Kier alpha value is -2.92. The summed E-state index contributed by atoms with van der Waals surface area (Å²) in [5.74, 6) is 0.753. The predicted molar refractivity (Wildman–Crippen MR) is 121 cm³/mol. The van der Waals surface area contributed by atoms with Crippen LogP contribution >= 0.6 is 11.3 Å². The summed E-state index contributed by atoms with van der Waals surface area (Å²) in [5, 5.41) is 16.0. The van der Waals surface area contributed by atoms with Crippen molar-refractivity contribution < 1.29 is 9.18 Å². The van der Waals surface area contributed by atoms with Crippen LogP contribution in [0.25, 0.3) is 22.4 Å². The van der Waals surface area contributed by atoms with Gasteiger partial charge in [-0.3, -0.25) is 9.20 Å². The predicted octanol–water partition coefficient (Wildman–Crippen LogP) is 2.37. The van der Waals surface area contributed by atoms with E-state index in [4.69, 9.17) is 4.98 Å². The highest BCUT2D eigenvalue weighted by Crippen LogP contribution is 2.31. The quantitative estimate of drug-likeness (QED) is 0.563. The Labute approximate surface area is 188 Å². The number of fused-ring (bicyclic) bond motifs is 1. The Kier molecular flexibility index (Phi) is 5.60. The minimum absolute atomic E-state index is 0.0723. The monoisotopic (exact) mass is 456 g/mol. The molecule has 1 saturated carbocycles. The van der Waals surface area contributed by atoms with Gasteiger partial charge < -0.3 is 15.5 Å². The average Bonchev–Trinajstić information content (AvgIpc) is 3.41. The van der Waals surface area contributed by atoms with Crippen molar-refractivity contribution in [3.05, 3.63) is 29.7 Å². The van der Waals surface area contributed by atoms with Crippen LogP contribution in [0.5, 0.6) is 0 Å². The third-order valence-electron chi connectivity index (χ3n) is 5.87. The van der Waals surface area contributed by atoms with Gasteiger partial charge in [0, 0.05) is 31.4 Å². The molecule has 1 aliphatic carbocycles. The fraction of sp³-hybridized carbons (Fsp3) is 0.476. The van der Waals surface area contributed by atoms with Crippen LogP contribution in [0, 0.1) is 5.92 Å². The molecule has 5 rings (SSSR count). The number of likely N-dealkylation sites (tertiary alicyclic amines) is 1. The van der Waals surface area contributed by atoms with Crippen molar-refractivity contribution >= 4 is 34.8 Å². The molecule has 2 aliphatic rings. The summed E-state index contributed by atoms with van der Waals surface area (Å²) in [6, 6.07) is -0.319. The maximum atomic E-state index is 14.6. The van der Waals surface area contributed by atoms with Gasteiger partial charge in [0.15, 0.2) is 16.5 Å². The highest BCUT2D eigenvalue weighted by Gasteiger charge is 2.30. The van der Waals surface area contributed by atoms with E-state index in [1.807, 2.05) is 16.3 Å². The lowest BCUT2D eigenvalue weighted by molar-refractivity contribution is -0.122.